The molecular weight excluding hydrogens is 645 g/mol. The third kappa shape index (κ3) is 6.73. The Morgan fingerprint density at radius 3 is 2.45 bits per heavy atom. The number of alkyl halides is 2. The van der Waals surface area contributed by atoms with Crippen LogP contribution in [0.4, 0.5) is 8.78 Å². The molecule has 1 aliphatic rings. The lowest BCUT2D eigenvalue weighted by Crippen LogP contribution is -2.43. The number of ether oxygens (including phenoxy) is 2. The fourth-order valence-corrected chi connectivity index (χ4v) is 6.16. The van der Waals surface area contributed by atoms with Gasteiger partial charge in [0.2, 0.25) is 15.9 Å². The molecule has 0 bridgehead atoms. The molecule has 17 heteroatoms. The van der Waals surface area contributed by atoms with Crippen LogP contribution in [0.5, 0.6) is 17.4 Å². The predicted octanol–water partition coefficient (Wildman–Crippen LogP) is 4.51. The zero-order chi connectivity index (χ0) is 31.6. The summed E-state index contributed by atoms with van der Waals surface area (Å²) in [4.78, 5) is 29.5. The van der Waals surface area contributed by atoms with Crippen molar-refractivity contribution in [2.75, 3.05) is 0 Å². The van der Waals surface area contributed by atoms with Crippen LogP contribution >= 0.6 is 23.2 Å². The van der Waals surface area contributed by atoms with Gasteiger partial charge in [0.05, 0.1) is 28.0 Å². The summed E-state index contributed by atoms with van der Waals surface area (Å²) in [6.07, 6.45) is -1.40. The first-order chi connectivity index (χ1) is 20.9. The van der Waals surface area contributed by atoms with Crippen molar-refractivity contribution in [2.24, 2.45) is 5.92 Å². The molecule has 0 spiro atoms. The maximum Gasteiger partial charge on any atom is 0.349 e. The lowest BCUT2D eigenvalue weighted by molar-refractivity contribution is 0.141. The van der Waals surface area contributed by atoms with Gasteiger partial charge in [0.15, 0.2) is 17.2 Å². The number of H-pyrrole nitrogens is 1. The number of hydrogen-bond donors (Lipinski definition) is 2. The molecule has 2 aromatic heterocycles. The topological polar surface area (TPSA) is 169 Å². The second kappa shape index (κ2) is 12.7. The molecule has 2 heterocycles. The Bertz CT molecular complexity index is 1960. The Hall–Kier alpha value is -4.36. The van der Waals surface area contributed by atoms with Gasteiger partial charge in [-0.25, -0.2) is 31.7 Å². The van der Waals surface area contributed by atoms with Crippen LogP contribution < -0.4 is 25.4 Å². The molecule has 12 nitrogen and oxygen atoms in total. The van der Waals surface area contributed by atoms with Crippen LogP contribution in [0.1, 0.15) is 30.5 Å². The second-order valence-electron chi connectivity index (χ2n) is 9.56. The fourth-order valence-electron chi connectivity index (χ4n) is 4.22. The van der Waals surface area contributed by atoms with E-state index < -0.39 is 39.4 Å². The average Bonchev–Trinajstić information content (AvgIpc) is 2.96. The lowest BCUT2D eigenvalue weighted by atomic mass is 9.82. The normalized spacial score (nSPS) is 16.3. The number of pyridine rings is 1. The van der Waals surface area contributed by atoms with Crippen LogP contribution in [0.2, 0.25) is 10.0 Å². The van der Waals surface area contributed by atoms with Gasteiger partial charge in [0, 0.05) is 18.0 Å². The molecule has 0 unspecified atom stereocenters. The highest BCUT2D eigenvalue weighted by Crippen LogP contribution is 2.39. The Balaban J connectivity index is 1.47. The SMILES string of the molecule is N#CC1CC(NS(=O)(=O)c2cc(Oc3c(Cl)cc(-n4nc(C(F)F)c(=O)[nH]c4=O)cc3Cl)ncc2OCc2ccccc2)C1. The number of nitrogens with zero attached hydrogens (tertiary/aromatic N) is 4. The molecule has 1 aliphatic carbocycles. The van der Waals surface area contributed by atoms with Gasteiger partial charge in [-0.3, -0.25) is 9.78 Å². The number of aromatic amines is 1. The Morgan fingerprint density at radius 1 is 1.14 bits per heavy atom. The summed E-state index contributed by atoms with van der Waals surface area (Å²) in [5.41, 5.74) is -3.05. The highest BCUT2D eigenvalue weighted by molar-refractivity contribution is 7.89. The standard InChI is InChI=1S/C27H20Cl2F2N6O6S/c28-18-8-17(37-27(39)34-26(38)23(35-37)25(30)31)9-19(29)24(18)43-22-10-21(44(40,41)36-16-6-15(7-16)11-32)20(12-33-22)42-13-14-4-2-1-3-5-14/h1-5,8-10,12,15-16,25,36H,6-7,13H2,(H,34,38,39). The second-order valence-corrected chi connectivity index (χ2v) is 12.1. The van der Waals surface area contributed by atoms with Crippen molar-refractivity contribution in [3.63, 3.8) is 0 Å². The third-order valence-electron chi connectivity index (χ3n) is 6.47. The van der Waals surface area contributed by atoms with E-state index in [-0.39, 0.29) is 50.5 Å². The number of hydrogen-bond acceptors (Lipinski definition) is 9. The summed E-state index contributed by atoms with van der Waals surface area (Å²) in [6, 6.07) is 14.0. The van der Waals surface area contributed by atoms with E-state index in [1.54, 1.807) is 29.2 Å². The van der Waals surface area contributed by atoms with Crippen LogP contribution in [0.15, 0.2) is 69.2 Å². The molecule has 1 saturated carbocycles. The number of rotatable bonds is 10. The van der Waals surface area contributed by atoms with Gasteiger partial charge >= 0.3 is 5.69 Å². The van der Waals surface area contributed by atoms with Gasteiger partial charge in [0.25, 0.3) is 12.0 Å². The summed E-state index contributed by atoms with van der Waals surface area (Å²) in [6.45, 7) is 0.0374. The molecule has 228 valence electrons. The number of nitriles is 1. The van der Waals surface area contributed by atoms with Gasteiger partial charge < -0.3 is 9.47 Å². The zero-order valence-electron chi connectivity index (χ0n) is 22.2. The highest BCUT2D eigenvalue weighted by atomic mass is 35.5. The maximum absolute atomic E-state index is 13.4. The smallest absolute Gasteiger partial charge is 0.349 e. The monoisotopic (exact) mass is 664 g/mol. The minimum Gasteiger partial charge on any atom is -0.486 e. The minimum absolute atomic E-state index is 0.0374. The van der Waals surface area contributed by atoms with Crippen LogP contribution in [-0.2, 0) is 16.6 Å². The van der Waals surface area contributed by atoms with Gasteiger partial charge in [-0.05, 0) is 30.5 Å². The maximum atomic E-state index is 13.4. The first kappa shape index (κ1) is 31.1. The van der Waals surface area contributed by atoms with Crippen LogP contribution in [-0.4, -0.2) is 34.2 Å². The average molecular weight is 665 g/mol. The fraction of sp³-hybridized carbons (Fsp3) is 0.222. The largest absolute Gasteiger partial charge is 0.486 e. The quantitative estimate of drug-likeness (QED) is 0.248. The van der Waals surface area contributed by atoms with E-state index >= 15 is 0 Å². The molecule has 2 aromatic carbocycles. The summed E-state index contributed by atoms with van der Waals surface area (Å²) in [5, 5.41) is 12.0. The lowest BCUT2D eigenvalue weighted by Gasteiger charge is -2.31. The number of halogens is 4. The van der Waals surface area contributed by atoms with E-state index in [9.17, 15) is 26.8 Å². The highest BCUT2D eigenvalue weighted by Gasteiger charge is 2.34. The van der Waals surface area contributed by atoms with Gasteiger partial charge in [-0.1, -0.05) is 53.5 Å². The van der Waals surface area contributed by atoms with Crippen molar-refractivity contribution in [3.05, 3.63) is 96.9 Å². The molecule has 4 aromatic rings. The van der Waals surface area contributed by atoms with Crippen molar-refractivity contribution in [1.82, 2.24) is 24.5 Å². The van der Waals surface area contributed by atoms with E-state index in [2.05, 4.69) is 20.9 Å². The van der Waals surface area contributed by atoms with E-state index in [4.69, 9.17) is 37.9 Å². The van der Waals surface area contributed by atoms with Crippen molar-refractivity contribution in [2.45, 2.75) is 36.8 Å². The van der Waals surface area contributed by atoms with Gasteiger partial charge in [0.1, 0.15) is 11.5 Å². The Labute approximate surface area is 257 Å². The summed E-state index contributed by atoms with van der Waals surface area (Å²) < 4.78 is 67.7. The summed E-state index contributed by atoms with van der Waals surface area (Å²) in [7, 11) is -4.19. The molecule has 0 amide bonds. The van der Waals surface area contributed by atoms with Crippen LogP contribution in [0.3, 0.4) is 0 Å². The molecule has 2 N–H and O–H groups in total. The molecule has 5 rings (SSSR count). The number of aromatic nitrogens is 4. The number of nitrogens with one attached hydrogen (secondary N) is 2. The molecular formula is C27H20Cl2F2N6O6S. The van der Waals surface area contributed by atoms with E-state index in [0.29, 0.717) is 17.5 Å². The summed E-state index contributed by atoms with van der Waals surface area (Å²) in [5.74, 6) is -0.780. The van der Waals surface area contributed by atoms with Crippen molar-refractivity contribution < 1.29 is 26.7 Å². The van der Waals surface area contributed by atoms with Crippen molar-refractivity contribution >= 4 is 33.2 Å². The predicted molar refractivity (Wildman–Crippen MR) is 153 cm³/mol. The van der Waals surface area contributed by atoms with E-state index in [1.165, 1.54) is 0 Å². The molecule has 0 aliphatic heterocycles. The van der Waals surface area contributed by atoms with E-state index in [1.807, 2.05) is 6.07 Å². The molecule has 0 radical (unpaired) electrons. The van der Waals surface area contributed by atoms with Crippen molar-refractivity contribution in [3.8, 4) is 29.1 Å². The Morgan fingerprint density at radius 2 is 1.82 bits per heavy atom. The zero-order valence-corrected chi connectivity index (χ0v) is 24.5. The first-order valence-corrected chi connectivity index (χ1v) is 15.0. The van der Waals surface area contributed by atoms with Crippen LogP contribution in [0.25, 0.3) is 5.69 Å². The van der Waals surface area contributed by atoms with Gasteiger partial charge in [-0.15, -0.1) is 0 Å². The molecule has 0 atom stereocenters. The van der Waals surface area contributed by atoms with Crippen LogP contribution in [0, 0.1) is 17.2 Å². The summed E-state index contributed by atoms with van der Waals surface area (Å²) >= 11 is 12.7. The number of benzene rings is 2. The molecule has 44 heavy (non-hydrogen) atoms. The van der Waals surface area contributed by atoms with Crippen molar-refractivity contribution in [1.29, 1.82) is 5.26 Å². The van der Waals surface area contributed by atoms with Gasteiger partial charge in [-0.2, -0.15) is 15.0 Å². The number of sulfonamides is 1. The Kier molecular flexibility index (Phi) is 8.97. The third-order valence-corrected chi connectivity index (χ3v) is 8.57. The minimum atomic E-state index is -4.19. The first-order valence-electron chi connectivity index (χ1n) is 12.7. The van der Waals surface area contributed by atoms with E-state index in [0.717, 1.165) is 30.0 Å². The molecule has 1 fully saturated rings. The molecule has 0 saturated heterocycles.